The van der Waals surface area contributed by atoms with Crippen molar-refractivity contribution in [2.24, 2.45) is 0 Å². The number of carbonyl (C=O) groups excluding carboxylic acids is 1. The Kier molecular flexibility index (Phi) is 5.84. The van der Waals surface area contributed by atoms with Gasteiger partial charge in [-0.25, -0.2) is 0 Å². The van der Waals surface area contributed by atoms with Gasteiger partial charge in [0.15, 0.2) is 6.04 Å². The maximum atomic E-state index is 12.8. The fourth-order valence-corrected chi connectivity index (χ4v) is 3.60. The number of benzene rings is 2. The summed E-state index contributed by atoms with van der Waals surface area (Å²) in [6.07, 6.45) is 0. The number of anilines is 1. The normalized spacial score (nSPS) is 21.5. The minimum atomic E-state index is -0.0257. The molecule has 1 amide bonds. The molecule has 4 heteroatoms. The second-order valence-electron chi connectivity index (χ2n) is 6.88. The average Bonchev–Trinajstić information content (AvgIpc) is 2.68. The Morgan fingerprint density at radius 1 is 1.00 bits per heavy atom. The highest BCUT2D eigenvalue weighted by atomic mass is 16.2. The molecule has 3 rings (SSSR count). The lowest BCUT2D eigenvalue weighted by Crippen LogP contribution is -3.29. The third-order valence-electron chi connectivity index (χ3n) is 5.37. The van der Waals surface area contributed by atoms with Crippen LogP contribution in [0.2, 0.25) is 0 Å². The topological polar surface area (TPSA) is 38.0 Å². The van der Waals surface area contributed by atoms with E-state index >= 15 is 0 Å². The number of amides is 1. The molecule has 132 valence electrons. The number of rotatable bonds is 5. The number of hydrogen-bond donors (Lipinski definition) is 3. The van der Waals surface area contributed by atoms with Gasteiger partial charge in [-0.1, -0.05) is 48.5 Å². The summed E-state index contributed by atoms with van der Waals surface area (Å²) < 4.78 is 0. The molecule has 2 aromatic rings. The minimum absolute atomic E-state index is 0.0257. The molecule has 1 saturated heterocycles. The van der Waals surface area contributed by atoms with Crippen LogP contribution in [0.5, 0.6) is 0 Å². The Balaban J connectivity index is 1.69. The zero-order chi connectivity index (χ0) is 17.6. The molecule has 1 aliphatic heterocycles. The van der Waals surface area contributed by atoms with Crippen molar-refractivity contribution in [1.82, 2.24) is 0 Å². The summed E-state index contributed by atoms with van der Waals surface area (Å²) in [4.78, 5) is 15.8. The summed E-state index contributed by atoms with van der Waals surface area (Å²) in [5.41, 5.74) is 3.08. The van der Waals surface area contributed by atoms with Crippen LogP contribution in [0.3, 0.4) is 0 Å². The highest BCUT2D eigenvalue weighted by Gasteiger charge is 2.30. The first-order valence-corrected chi connectivity index (χ1v) is 9.32. The van der Waals surface area contributed by atoms with Crippen LogP contribution in [0.15, 0.2) is 54.6 Å². The van der Waals surface area contributed by atoms with E-state index in [1.165, 1.54) is 11.4 Å². The van der Waals surface area contributed by atoms with E-state index in [-0.39, 0.29) is 11.9 Å². The van der Waals surface area contributed by atoms with Gasteiger partial charge in [0.2, 0.25) is 0 Å². The van der Waals surface area contributed by atoms with Crippen LogP contribution in [0.25, 0.3) is 11.1 Å². The van der Waals surface area contributed by atoms with Gasteiger partial charge in [0.05, 0.1) is 6.54 Å². The number of piperazine rings is 1. The highest BCUT2D eigenvalue weighted by Crippen LogP contribution is 2.27. The molecule has 4 nitrogen and oxygen atoms in total. The number of carbonyl (C=O) groups is 1. The molecule has 1 aliphatic rings. The van der Waals surface area contributed by atoms with Gasteiger partial charge in [0.25, 0.3) is 5.91 Å². The predicted octanol–water partition coefficient (Wildman–Crippen LogP) is 0.484. The zero-order valence-electron chi connectivity index (χ0n) is 15.2. The number of likely N-dealkylation sites (N-methyl/N-ethyl adjacent to an activating group) is 1. The quantitative estimate of drug-likeness (QED) is 0.729. The lowest BCUT2D eigenvalue weighted by molar-refractivity contribution is -1.02. The molecule has 0 aliphatic carbocycles. The highest BCUT2D eigenvalue weighted by molar-refractivity contribution is 5.97. The number of nitrogens with one attached hydrogen (secondary N) is 3. The van der Waals surface area contributed by atoms with Gasteiger partial charge in [0, 0.05) is 11.3 Å². The minimum Gasteiger partial charge on any atom is -0.326 e. The summed E-state index contributed by atoms with van der Waals surface area (Å²) in [6.45, 7) is 9.91. The van der Waals surface area contributed by atoms with Gasteiger partial charge in [0.1, 0.15) is 26.2 Å². The Bertz CT molecular complexity index is 693. The van der Waals surface area contributed by atoms with Crippen LogP contribution >= 0.6 is 0 Å². The van der Waals surface area contributed by atoms with E-state index in [0.29, 0.717) is 0 Å². The molecule has 0 spiro atoms. The molecule has 0 bridgehead atoms. The standard InChI is InChI=1S/C21H27N3O/c1-3-23-13-15-24(16-14-23)17(2)21(25)22-20-12-8-7-11-19(20)18-9-5-4-6-10-18/h4-12,17H,3,13-16H2,1-2H3,(H,22,25)/p+2/t17-/m0/s1. The fourth-order valence-electron chi connectivity index (χ4n) is 3.60. The Hall–Kier alpha value is -2.17. The first-order valence-electron chi connectivity index (χ1n) is 9.32. The van der Waals surface area contributed by atoms with E-state index < -0.39 is 0 Å². The summed E-state index contributed by atoms with van der Waals surface area (Å²) in [5, 5.41) is 3.16. The van der Waals surface area contributed by atoms with Crippen molar-refractivity contribution in [1.29, 1.82) is 0 Å². The molecular weight excluding hydrogens is 310 g/mol. The second-order valence-corrected chi connectivity index (χ2v) is 6.88. The molecule has 0 aromatic heterocycles. The van der Waals surface area contributed by atoms with E-state index in [1.807, 2.05) is 43.3 Å². The van der Waals surface area contributed by atoms with Gasteiger partial charge >= 0.3 is 0 Å². The monoisotopic (exact) mass is 339 g/mol. The van der Waals surface area contributed by atoms with Crippen molar-refractivity contribution >= 4 is 11.6 Å². The van der Waals surface area contributed by atoms with Crippen molar-refractivity contribution in [2.75, 3.05) is 38.0 Å². The number of hydrogen-bond acceptors (Lipinski definition) is 1. The van der Waals surface area contributed by atoms with E-state index in [4.69, 9.17) is 0 Å². The lowest BCUT2D eigenvalue weighted by Gasteiger charge is -2.32. The molecule has 1 fully saturated rings. The van der Waals surface area contributed by atoms with Gasteiger partial charge < -0.3 is 15.1 Å². The van der Waals surface area contributed by atoms with Crippen molar-refractivity contribution in [3.8, 4) is 11.1 Å². The average molecular weight is 339 g/mol. The molecular formula is C21H29N3O+2. The number of quaternary nitrogens is 2. The van der Waals surface area contributed by atoms with Gasteiger partial charge in [-0.05, 0) is 25.5 Å². The van der Waals surface area contributed by atoms with Crippen LogP contribution in [-0.4, -0.2) is 44.7 Å². The number of para-hydroxylation sites is 1. The van der Waals surface area contributed by atoms with Gasteiger partial charge in [-0.3, -0.25) is 4.79 Å². The van der Waals surface area contributed by atoms with E-state index in [1.54, 1.807) is 4.90 Å². The van der Waals surface area contributed by atoms with E-state index in [0.717, 1.165) is 43.0 Å². The summed E-state index contributed by atoms with van der Waals surface area (Å²) in [6, 6.07) is 18.2. The second kappa shape index (κ2) is 8.28. The van der Waals surface area contributed by atoms with Crippen molar-refractivity contribution in [2.45, 2.75) is 19.9 Å². The summed E-state index contributed by atoms with van der Waals surface area (Å²) >= 11 is 0. The van der Waals surface area contributed by atoms with Crippen LogP contribution in [-0.2, 0) is 4.79 Å². The molecule has 3 N–H and O–H groups in total. The molecule has 0 saturated carbocycles. The van der Waals surface area contributed by atoms with Crippen LogP contribution in [0.1, 0.15) is 13.8 Å². The van der Waals surface area contributed by atoms with Crippen molar-refractivity contribution in [3.63, 3.8) is 0 Å². The molecule has 0 unspecified atom stereocenters. The first-order chi connectivity index (χ1) is 12.2. The SMILES string of the molecule is CC[NH+]1CC[NH+]([C@@H](C)C(=O)Nc2ccccc2-c2ccccc2)CC1. The molecule has 2 aromatic carbocycles. The van der Waals surface area contributed by atoms with Gasteiger partial charge in [-0.15, -0.1) is 0 Å². The first kappa shape index (κ1) is 17.6. The maximum absolute atomic E-state index is 12.8. The maximum Gasteiger partial charge on any atom is 0.282 e. The largest absolute Gasteiger partial charge is 0.326 e. The Morgan fingerprint density at radius 2 is 1.64 bits per heavy atom. The lowest BCUT2D eigenvalue weighted by atomic mass is 10.0. The van der Waals surface area contributed by atoms with E-state index in [9.17, 15) is 4.79 Å². The smallest absolute Gasteiger partial charge is 0.282 e. The molecule has 25 heavy (non-hydrogen) atoms. The molecule has 1 heterocycles. The van der Waals surface area contributed by atoms with Crippen molar-refractivity contribution < 1.29 is 14.6 Å². The third-order valence-corrected chi connectivity index (χ3v) is 5.37. The third kappa shape index (κ3) is 4.27. The van der Waals surface area contributed by atoms with Gasteiger partial charge in [-0.2, -0.15) is 0 Å². The summed E-state index contributed by atoms with van der Waals surface area (Å²) in [7, 11) is 0. The van der Waals surface area contributed by atoms with Crippen LogP contribution < -0.4 is 15.1 Å². The van der Waals surface area contributed by atoms with E-state index in [2.05, 4.69) is 30.4 Å². The Labute approximate surface area is 150 Å². The van der Waals surface area contributed by atoms with Crippen LogP contribution in [0.4, 0.5) is 5.69 Å². The predicted molar refractivity (Wildman–Crippen MR) is 102 cm³/mol. The van der Waals surface area contributed by atoms with Crippen molar-refractivity contribution in [3.05, 3.63) is 54.6 Å². The van der Waals surface area contributed by atoms with Crippen LogP contribution in [0, 0.1) is 0 Å². The fraction of sp³-hybridized carbons (Fsp3) is 0.381. The molecule has 1 atom stereocenters. The Morgan fingerprint density at radius 3 is 2.32 bits per heavy atom. The molecule has 0 radical (unpaired) electrons. The zero-order valence-corrected chi connectivity index (χ0v) is 15.2. The summed E-state index contributed by atoms with van der Waals surface area (Å²) in [5.74, 6) is 0.110.